The van der Waals surface area contributed by atoms with Crippen molar-refractivity contribution in [2.75, 3.05) is 0 Å². The molecule has 0 spiro atoms. The summed E-state index contributed by atoms with van der Waals surface area (Å²) in [4.78, 5) is 1.48. The molecule has 0 aromatic carbocycles. The average Bonchev–Trinajstić information content (AvgIpc) is 2.60. The molecule has 1 aromatic rings. The van der Waals surface area contributed by atoms with Gasteiger partial charge in [-0.05, 0) is 36.6 Å². The van der Waals surface area contributed by atoms with E-state index < -0.39 is 0 Å². The van der Waals surface area contributed by atoms with Crippen molar-refractivity contribution >= 4 is 11.3 Å². The summed E-state index contributed by atoms with van der Waals surface area (Å²) in [6.07, 6.45) is 7.87. The van der Waals surface area contributed by atoms with Crippen LogP contribution in [0.2, 0.25) is 0 Å². The first-order chi connectivity index (χ1) is 6.84. The van der Waals surface area contributed by atoms with Crippen molar-refractivity contribution in [3.63, 3.8) is 0 Å². The van der Waals surface area contributed by atoms with Gasteiger partial charge in [-0.1, -0.05) is 25.3 Å². The molecule has 1 saturated carbocycles. The van der Waals surface area contributed by atoms with E-state index in [-0.39, 0.29) is 0 Å². The van der Waals surface area contributed by atoms with Gasteiger partial charge in [0.05, 0.1) is 0 Å². The minimum absolute atomic E-state index is 0.433. The molecule has 0 aliphatic heterocycles. The first kappa shape index (κ1) is 10.2. The van der Waals surface area contributed by atoms with Gasteiger partial charge in [0.2, 0.25) is 0 Å². The van der Waals surface area contributed by atoms with Gasteiger partial charge in [0.15, 0.2) is 0 Å². The zero-order chi connectivity index (χ0) is 9.80. The molecule has 1 atom stereocenters. The molecule has 1 nitrogen and oxygen atoms in total. The maximum atomic E-state index is 6.11. The third-order valence-electron chi connectivity index (χ3n) is 3.20. The van der Waals surface area contributed by atoms with Gasteiger partial charge in [-0.2, -0.15) is 0 Å². The second kappa shape index (κ2) is 4.94. The van der Waals surface area contributed by atoms with Crippen molar-refractivity contribution in [3.8, 4) is 0 Å². The lowest BCUT2D eigenvalue weighted by atomic mass is 9.80. The second-order valence-corrected chi connectivity index (χ2v) is 5.44. The standard InChI is InChI=1S/C12H19NS/c13-11(9-10-3-1-4-10)6-7-12-5-2-8-14-12/h2,5,8,10-11H,1,3-4,6-7,9,13H2. The van der Waals surface area contributed by atoms with Gasteiger partial charge in [-0.3, -0.25) is 0 Å². The Kier molecular flexibility index (Phi) is 3.60. The number of hydrogen-bond acceptors (Lipinski definition) is 2. The summed E-state index contributed by atoms with van der Waals surface area (Å²) >= 11 is 1.85. The molecule has 14 heavy (non-hydrogen) atoms. The van der Waals surface area contributed by atoms with E-state index in [1.165, 1.54) is 37.0 Å². The molecule has 2 N–H and O–H groups in total. The quantitative estimate of drug-likeness (QED) is 0.792. The Morgan fingerprint density at radius 2 is 2.36 bits per heavy atom. The Labute approximate surface area is 90.3 Å². The Bertz CT molecular complexity index is 251. The molecule has 1 aromatic heterocycles. The van der Waals surface area contributed by atoms with Crippen LogP contribution in [-0.2, 0) is 6.42 Å². The molecule has 2 heteroatoms. The fourth-order valence-electron chi connectivity index (χ4n) is 2.06. The molecule has 1 aliphatic carbocycles. The maximum Gasteiger partial charge on any atom is 0.00458 e. The third-order valence-corrected chi connectivity index (χ3v) is 4.14. The minimum atomic E-state index is 0.433. The van der Waals surface area contributed by atoms with E-state index in [0.717, 1.165) is 12.3 Å². The summed E-state index contributed by atoms with van der Waals surface area (Å²) in [7, 11) is 0. The van der Waals surface area contributed by atoms with Crippen LogP contribution in [0.1, 0.15) is 37.0 Å². The Morgan fingerprint density at radius 3 is 2.93 bits per heavy atom. The van der Waals surface area contributed by atoms with Crippen LogP contribution in [0.15, 0.2) is 17.5 Å². The molecule has 0 amide bonds. The van der Waals surface area contributed by atoms with Crippen molar-refractivity contribution in [3.05, 3.63) is 22.4 Å². The molecule has 78 valence electrons. The Balaban J connectivity index is 1.64. The van der Waals surface area contributed by atoms with Gasteiger partial charge in [0, 0.05) is 10.9 Å². The maximum absolute atomic E-state index is 6.11. The van der Waals surface area contributed by atoms with E-state index in [0.29, 0.717) is 6.04 Å². The second-order valence-electron chi connectivity index (χ2n) is 4.41. The van der Waals surface area contributed by atoms with Gasteiger partial charge in [0.1, 0.15) is 0 Å². The average molecular weight is 209 g/mol. The monoisotopic (exact) mass is 209 g/mol. The highest BCUT2D eigenvalue weighted by Crippen LogP contribution is 2.30. The zero-order valence-corrected chi connectivity index (χ0v) is 9.43. The third kappa shape index (κ3) is 2.82. The van der Waals surface area contributed by atoms with E-state index >= 15 is 0 Å². The number of hydrogen-bond donors (Lipinski definition) is 1. The lowest BCUT2D eigenvalue weighted by Crippen LogP contribution is -2.27. The minimum Gasteiger partial charge on any atom is -0.328 e. The predicted octanol–water partition coefficient (Wildman–Crippen LogP) is 3.20. The van der Waals surface area contributed by atoms with E-state index in [1.807, 2.05) is 11.3 Å². The van der Waals surface area contributed by atoms with Crippen LogP contribution in [-0.4, -0.2) is 6.04 Å². The summed E-state index contributed by atoms with van der Waals surface area (Å²) in [5, 5.41) is 2.15. The first-order valence-corrected chi connectivity index (χ1v) is 6.50. The summed E-state index contributed by atoms with van der Waals surface area (Å²) in [6.45, 7) is 0. The van der Waals surface area contributed by atoms with Crippen LogP contribution < -0.4 is 5.73 Å². The molecule has 1 unspecified atom stereocenters. The number of aryl methyl sites for hydroxylation is 1. The highest BCUT2D eigenvalue weighted by atomic mass is 32.1. The lowest BCUT2D eigenvalue weighted by Gasteiger charge is -2.27. The smallest absolute Gasteiger partial charge is 0.00458 e. The summed E-state index contributed by atoms with van der Waals surface area (Å²) in [6, 6.07) is 4.76. The van der Waals surface area contributed by atoms with Crippen LogP contribution in [0, 0.1) is 5.92 Å². The highest BCUT2D eigenvalue weighted by Gasteiger charge is 2.19. The van der Waals surface area contributed by atoms with Crippen LogP contribution in [0.3, 0.4) is 0 Å². The normalized spacial score (nSPS) is 19.2. The molecule has 0 bridgehead atoms. The largest absolute Gasteiger partial charge is 0.328 e. The Hall–Kier alpha value is -0.340. The lowest BCUT2D eigenvalue weighted by molar-refractivity contribution is 0.272. The summed E-state index contributed by atoms with van der Waals surface area (Å²) in [5.41, 5.74) is 6.11. The molecule has 1 heterocycles. The predicted molar refractivity (Wildman–Crippen MR) is 62.6 cm³/mol. The van der Waals surface area contributed by atoms with Crippen molar-refractivity contribution in [1.82, 2.24) is 0 Å². The molecular formula is C12H19NS. The summed E-state index contributed by atoms with van der Waals surface area (Å²) < 4.78 is 0. The van der Waals surface area contributed by atoms with Gasteiger partial charge in [-0.25, -0.2) is 0 Å². The first-order valence-electron chi connectivity index (χ1n) is 5.62. The fourth-order valence-corrected chi connectivity index (χ4v) is 2.78. The zero-order valence-electron chi connectivity index (χ0n) is 8.61. The molecule has 0 saturated heterocycles. The number of thiophene rings is 1. The van der Waals surface area contributed by atoms with Gasteiger partial charge < -0.3 is 5.73 Å². The molecule has 0 radical (unpaired) electrons. The number of rotatable bonds is 5. The highest BCUT2D eigenvalue weighted by molar-refractivity contribution is 7.09. The number of nitrogens with two attached hydrogens (primary N) is 1. The van der Waals surface area contributed by atoms with Gasteiger partial charge in [-0.15, -0.1) is 11.3 Å². The topological polar surface area (TPSA) is 26.0 Å². The van der Waals surface area contributed by atoms with E-state index in [4.69, 9.17) is 5.73 Å². The van der Waals surface area contributed by atoms with Gasteiger partial charge in [0.25, 0.3) is 0 Å². The van der Waals surface area contributed by atoms with Crippen LogP contribution >= 0.6 is 11.3 Å². The SMILES string of the molecule is NC(CCc1cccs1)CC1CCC1. The Morgan fingerprint density at radius 1 is 1.50 bits per heavy atom. The molecule has 1 fully saturated rings. The van der Waals surface area contributed by atoms with Crippen LogP contribution in [0.4, 0.5) is 0 Å². The van der Waals surface area contributed by atoms with Crippen LogP contribution in [0.25, 0.3) is 0 Å². The molecule has 1 aliphatic rings. The molecule has 2 rings (SSSR count). The fraction of sp³-hybridized carbons (Fsp3) is 0.667. The van der Waals surface area contributed by atoms with Crippen molar-refractivity contribution in [2.24, 2.45) is 11.7 Å². The van der Waals surface area contributed by atoms with E-state index in [9.17, 15) is 0 Å². The van der Waals surface area contributed by atoms with Crippen molar-refractivity contribution < 1.29 is 0 Å². The summed E-state index contributed by atoms with van der Waals surface area (Å²) in [5.74, 6) is 0.952. The van der Waals surface area contributed by atoms with E-state index in [2.05, 4.69) is 17.5 Å². The van der Waals surface area contributed by atoms with Crippen molar-refractivity contribution in [2.45, 2.75) is 44.6 Å². The van der Waals surface area contributed by atoms with Crippen LogP contribution in [0.5, 0.6) is 0 Å². The van der Waals surface area contributed by atoms with Gasteiger partial charge >= 0.3 is 0 Å². The molecular weight excluding hydrogens is 190 g/mol. The van der Waals surface area contributed by atoms with Crippen molar-refractivity contribution in [1.29, 1.82) is 0 Å². The van der Waals surface area contributed by atoms with E-state index in [1.54, 1.807) is 0 Å².